The summed E-state index contributed by atoms with van der Waals surface area (Å²) in [5.74, 6) is 7.63. The van der Waals surface area contributed by atoms with Crippen LogP contribution in [0.5, 0.6) is 0 Å². The van der Waals surface area contributed by atoms with Crippen LogP contribution in [0.4, 0.5) is 17.3 Å². The molecule has 5 nitrogen and oxygen atoms in total. The number of nitrogens with one attached hydrogen (secondary N) is 2. The molecular formula is C15H21N5. The molecule has 2 aromatic rings. The summed E-state index contributed by atoms with van der Waals surface area (Å²) in [6.45, 7) is 6.29. The molecule has 5 heteroatoms. The minimum absolute atomic E-state index is 0.622. The number of rotatable bonds is 5. The number of nitrogen functional groups attached to an aromatic ring is 1. The van der Waals surface area contributed by atoms with Crippen molar-refractivity contribution in [1.29, 1.82) is 0 Å². The predicted octanol–water partition coefficient (Wildman–Crippen LogP) is 3.08. The number of hydrogen-bond donors (Lipinski definition) is 3. The van der Waals surface area contributed by atoms with E-state index in [-0.39, 0.29) is 0 Å². The lowest BCUT2D eigenvalue weighted by molar-refractivity contribution is 0.837. The van der Waals surface area contributed by atoms with E-state index >= 15 is 0 Å². The third-order valence-corrected chi connectivity index (χ3v) is 3.26. The molecule has 0 aliphatic heterocycles. The lowest BCUT2D eigenvalue weighted by Gasteiger charge is -2.12. The maximum absolute atomic E-state index is 5.46. The SMILES string of the molecule is CCCc1nc(NN)cc(Nc2cccc(C)c2C)n1. The van der Waals surface area contributed by atoms with Crippen LogP contribution in [-0.4, -0.2) is 9.97 Å². The summed E-state index contributed by atoms with van der Waals surface area (Å²) >= 11 is 0. The summed E-state index contributed by atoms with van der Waals surface area (Å²) in [4.78, 5) is 8.86. The van der Waals surface area contributed by atoms with E-state index in [1.165, 1.54) is 11.1 Å². The highest BCUT2D eigenvalue weighted by molar-refractivity contribution is 5.63. The van der Waals surface area contributed by atoms with E-state index in [4.69, 9.17) is 5.84 Å². The number of hydrazine groups is 1. The Kier molecular flexibility index (Phi) is 4.53. The summed E-state index contributed by atoms with van der Waals surface area (Å²) in [5, 5.41) is 3.34. The van der Waals surface area contributed by atoms with Crippen LogP contribution >= 0.6 is 0 Å². The summed E-state index contributed by atoms with van der Waals surface area (Å²) in [6, 6.07) is 7.97. The normalized spacial score (nSPS) is 10.4. The number of aromatic nitrogens is 2. The first kappa shape index (κ1) is 14.3. The van der Waals surface area contributed by atoms with E-state index in [1.54, 1.807) is 6.07 Å². The van der Waals surface area contributed by atoms with Crippen molar-refractivity contribution in [3.05, 3.63) is 41.2 Å². The van der Waals surface area contributed by atoms with Gasteiger partial charge in [-0.3, -0.25) is 0 Å². The Balaban J connectivity index is 2.32. The van der Waals surface area contributed by atoms with Crippen LogP contribution in [0.1, 0.15) is 30.3 Å². The number of nitrogens with zero attached hydrogens (tertiary/aromatic N) is 2. The Bertz CT molecular complexity index is 595. The van der Waals surface area contributed by atoms with E-state index in [2.05, 4.69) is 47.5 Å². The Labute approximate surface area is 119 Å². The molecule has 0 radical (unpaired) electrons. The second kappa shape index (κ2) is 6.34. The largest absolute Gasteiger partial charge is 0.340 e. The van der Waals surface area contributed by atoms with E-state index in [0.29, 0.717) is 5.82 Å². The molecule has 1 heterocycles. The molecule has 0 amide bonds. The van der Waals surface area contributed by atoms with Gasteiger partial charge in [0.25, 0.3) is 0 Å². The van der Waals surface area contributed by atoms with Gasteiger partial charge in [0, 0.05) is 18.2 Å². The van der Waals surface area contributed by atoms with Crippen LogP contribution in [-0.2, 0) is 6.42 Å². The number of anilines is 3. The fraction of sp³-hybridized carbons (Fsp3) is 0.333. The average molecular weight is 271 g/mol. The van der Waals surface area contributed by atoms with E-state index in [1.807, 2.05) is 12.1 Å². The summed E-state index contributed by atoms with van der Waals surface area (Å²) in [5.41, 5.74) is 6.10. The maximum Gasteiger partial charge on any atom is 0.145 e. The van der Waals surface area contributed by atoms with Gasteiger partial charge in [0.1, 0.15) is 17.5 Å². The topological polar surface area (TPSA) is 75.9 Å². The summed E-state index contributed by atoms with van der Waals surface area (Å²) in [6.07, 6.45) is 1.83. The fourth-order valence-corrected chi connectivity index (χ4v) is 2.00. The fourth-order valence-electron chi connectivity index (χ4n) is 2.00. The van der Waals surface area contributed by atoms with Crippen LogP contribution in [0.25, 0.3) is 0 Å². The minimum atomic E-state index is 0.622. The van der Waals surface area contributed by atoms with E-state index in [9.17, 15) is 0 Å². The number of aryl methyl sites for hydroxylation is 2. The Morgan fingerprint density at radius 1 is 1.15 bits per heavy atom. The zero-order valence-electron chi connectivity index (χ0n) is 12.2. The molecule has 1 aromatic heterocycles. The Hall–Kier alpha value is -2.14. The van der Waals surface area contributed by atoms with E-state index in [0.717, 1.165) is 30.2 Å². The zero-order valence-corrected chi connectivity index (χ0v) is 12.2. The summed E-state index contributed by atoms with van der Waals surface area (Å²) < 4.78 is 0. The minimum Gasteiger partial charge on any atom is -0.340 e. The van der Waals surface area contributed by atoms with Gasteiger partial charge in [0.05, 0.1) is 0 Å². The van der Waals surface area contributed by atoms with Crippen molar-refractivity contribution >= 4 is 17.3 Å². The molecule has 4 N–H and O–H groups in total. The molecule has 2 rings (SSSR count). The van der Waals surface area contributed by atoms with Crippen LogP contribution < -0.4 is 16.6 Å². The Morgan fingerprint density at radius 2 is 1.90 bits per heavy atom. The highest BCUT2D eigenvalue weighted by Gasteiger charge is 2.06. The lowest BCUT2D eigenvalue weighted by Crippen LogP contribution is -2.11. The molecule has 0 spiro atoms. The lowest BCUT2D eigenvalue weighted by atomic mass is 10.1. The van der Waals surface area contributed by atoms with Gasteiger partial charge in [-0.25, -0.2) is 15.8 Å². The maximum atomic E-state index is 5.46. The first-order valence-electron chi connectivity index (χ1n) is 6.82. The molecule has 0 atom stereocenters. The molecule has 0 aliphatic rings. The van der Waals surface area contributed by atoms with Crippen LogP contribution in [0.15, 0.2) is 24.3 Å². The quantitative estimate of drug-likeness (QED) is 0.575. The first-order chi connectivity index (χ1) is 9.63. The average Bonchev–Trinajstić information content (AvgIpc) is 2.44. The van der Waals surface area contributed by atoms with Crippen molar-refractivity contribution in [2.75, 3.05) is 10.7 Å². The van der Waals surface area contributed by atoms with Crippen molar-refractivity contribution in [3.8, 4) is 0 Å². The van der Waals surface area contributed by atoms with Crippen LogP contribution in [0.2, 0.25) is 0 Å². The third kappa shape index (κ3) is 3.24. The van der Waals surface area contributed by atoms with Gasteiger partial charge in [-0.05, 0) is 37.5 Å². The molecule has 0 unspecified atom stereocenters. The molecule has 0 saturated heterocycles. The van der Waals surface area contributed by atoms with Gasteiger partial charge in [-0.1, -0.05) is 19.1 Å². The molecule has 0 saturated carbocycles. The molecule has 0 aliphatic carbocycles. The van der Waals surface area contributed by atoms with Crippen molar-refractivity contribution in [2.45, 2.75) is 33.6 Å². The number of nitrogens with two attached hydrogens (primary N) is 1. The monoisotopic (exact) mass is 271 g/mol. The molecular weight excluding hydrogens is 250 g/mol. The van der Waals surface area contributed by atoms with Gasteiger partial charge in [0.15, 0.2) is 0 Å². The van der Waals surface area contributed by atoms with Crippen LogP contribution in [0.3, 0.4) is 0 Å². The molecule has 0 fully saturated rings. The van der Waals surface area contributed by atoms with E-state index < -0.39 is 0 Å². The van der Waals surface area contributed by atoms with Gasteiger partial charge >= 0.3 is 0 Å². The predicted molar refractivity (Wildman–Crippen MR) is 83.0 cm³/mol. The molecule has 106 valence electrons. The second-order valence-corrected chi connectivity index (χ2v) is 4.82. The zero-order chi connectivity index (χ0) is 14.5. The second-order valence-electron chi connectivity index (χ2n) is 4.82. The smallest absolute Gasteiger partial charge is 0.145 e. The van der Waals surface area contributed by atoms with Gasteiger partial charge in [0.2, 0.25) is 0 Å². The Morgan fingerprint density at radius 3 is 2.60 bits per heavy atom. The number of hydrogen-bond acceptors (Lipinski definition) is 5. The van der Waals surface area contributed by atoms with Crippen molar-refractivity contribution in [3.63, 3.8) is 0 Å². The van der Waals surface area contributed by atoms with Crippen molar-refractivity contribution in [1.82, 2.24) is 9.97 Å². The third-order valence-electron chi connectivity index (χ3n) is 3.26. The van der Waals surface area contributed by atoms with Crippen molar-refractivity contribution < 1.29 is 0 Å². The number of benzene rings is 1. The van der Waals surface area contributed by atoms with Gasteiger partial charge in [-0.2, -0.15) is 0 Å². The van der Waals surface area contributed by atoms with Crippen molar-refractivity contribution in [2.24, 2.45) is 5.84 Å². The standard InChI is InChI=1S/C15H21N5/c1-4-6-13-18-14(9-15(19-13)20-16)17-12-8-5-7-10(2)11(12)3/h5,7-9H,4,6,16H2,1-3H3,(H2,17,18,19,20). The highest BCUT2D eigenvalue weighted by Crippen LogP contribution is 2.23. The van der Waals surface area contributed by atoms with Gasteiger partial charge in [-0.15, -0.1) is 0 Å². The first-order valence-corrected chi connectivity index (χ1v) is 6.82. The molecule has 20 heavy (non-hydrogen) atoms. The highest BCUT2D eigenvalue weighted by atomic mass is 15.3. The van der Waals surface area contributed by atoms with Crippen LogP contribution in [0, 0.1) is 13.8 Å². The van der Waals surface area contributed by atoms with Gasteiger partial charge < -0.3 is 10.7 Å². The summed E-state index contributed by atoms with van der Waals surface area (Å²) in [7, 11) is 0. The molecule has 0 bridgehead atoms. The molecule has 1 aromatic carbocycles.